The molecule has 2 heterocycles. The molecule has 0 radical (unpaired) electrons. The Morgan fingerprint density at radius 3 is 3.11 bits per heavy atom. The number of nitrogens with one attached hydrogen (secondary N) is 1. The van der Waals surface area contributed by atoms with Gasteiger partial charge in [0.05, 0.1) is 0 Å². The van der Waals surface area contributed by atoms with Gasteiger partial charge in [-0.05, 0) is 49.4 Å². The summed E-state index contributed by atoms with van der Waals surface area (Å²) in [6, 6.07) is 4.35. The van der Waals surface area contributed by atoms with Crippen molar-refractivity contribution < 1.29 is 0 Å². The first-order valence-electron chi connectivity index (χ1n) is 7.73. The summed E-state index contributed by atoms with van der Waals surface area (Å²) in [7, 11) is 0. The minimum absolute atomic E-state index is 0.897. The summed E-state index contributed by atoms with van der Waals surface area (Å²) in [5.41, 5.74) is 1.38. The van der Waals surface area contributed by atoms with Crippen LogP contribution >= 0.6 is 0 Å². The molecule has 1 saturated heterocycles. The number of rotatable bonds is 6. The second-order valence-corrected chi connectivity index (χ2v) is 5.63. The zero-order valence-electron chi connectivity index (χ0n) is 12.4. The molecule has 0 bridgehead atoms. The van der Waals surface area contributed by atoms with Crippen LogP contribution < -0.4 is 5.32 Å². The van der Waals surface area contributed by atoms with Crippen LogP contribution in [-0.2, 0) is 6.54 Å². The smallest absolute Gasteiger partial charge is 0.126 e. The highest BCUT2D eigenvalue weighted by Gasteiger charge is 2.18. The molecule has 1 N–H and O–H groups in total. The fourth-order valence-electron chi connectivity index (χ4n) is 2.81. The molecule has 3 heteroatoms. The van der Waals surface area contributed by atoms with Gasteiger partial charge in [-0.3, -0.25) is 4.90 Å². The molecule has 1 aliphatic heterocycles. The number of pyridine rings is 1. The lowest BCUT2D eigenvalue weighted by atomic mass is 9.95. The van der Waals surface area contributed by atoms with E-state index in [0.29, 0.717) is 0 Å². The average molecular weight is 261 g/mol. The molecule has 1 aromatic rings. The Morgan fingerprint density at radius 1 is 1.42 bits per heavy atom. The maximum Gasteiger partial charge on any atom is 0.126 e. The minimum Gasteiger partial charge on any atom is -0.370 e. The molecule has 0 aliphatic carbocycles. The van der Waals surface area contributed by atoms with E-state index < -0.39 is 0 Å². The van der Waals surface area contributed by atoms with Gasteiger partial charge in [0.15, 0.2) is 0 Å². The van der Waals surface area contributed by atoms with Gasteiger partial charge in [0, 0.05) is 25.8 Å². The maximum atomic E-state index is 4.37. The Morgan fingerprint density at radius 2 is 2.32 bits per heavy atom. The Bertz CT molecular complexity index is 378. The highest BCUT2D eigenvalue weighted by Crippen LogP contribution is 2.21. The van der Waals surface area contributed by atoms with E-state index in [9.17, 15) is 0 Å². The minimum atomic E-state index is 0.897. The number of anilines is 1. The van der Waals surface area contributed by atoms with E-state index in [2.05, 4.69) is 41.2 Å². The van der Waals surface area contributed by atoms with E-state index in [4.69, 9.17) is 0 Å². The van der Waals surface area contributed by atoms with Crippen molar-refractivity contribution in [3.63, 3.8) is 0 Å². The Balaban J connectivity index is 1.90. The highest BCUT2D eigenvalue weighted by atomic mass is 15.1. The number of piperidine rings is 1. The van der Waals surface area contributed by atoms with E-state index in [-0.39, 0.29) is 0 Å². The number of nitrogens with zero attached hydrogens (tertiary/aromatic N) is 2. The van der Waals surface area contributed by atoms with Crippen molar-refractivity contribution in [3.8, 4) is 0 Å². The molecule has 0 aromatic carbocycles. The first-order chi connectivity index (χ1) is 9.31. The number of hydrogen-bond donors (Lipinski definition) is 1. The van der Waals surface area contributed by atoms with E-state index >= 15 is 0 Å². The van der Waals surface area contributed by atoms with E-state index in [0.717, 1.165) is 31.2 Å². The average Bonchev–Trinajstić information content (AvgIpc) is 2.46. The molecule has 1 aliphatic rings. The third-order valence-electron chi connectivity index (χ3n) is 3.97. The lowest BCUT2D eigenvalue weighted by molar-refractivity contribution is 0.164. The first kappa shape index (κ1) is 14.3. The summed E-state index contributed by atoms with van der Waals surface area (Å²) in [5.74, 6) is 1.91. The SMILES string of the molecule is CCCNc1cc(CN2CCCC(CC)C2)ccn1. The molecule has 1 fully saturated rings. The van der Waals surface area contributed by atoms with Crippen LogP contribution in [0.25, 0.3) is 0 Å². The second-order valence-electron chi connectivity index (χ2n) is 5.63. The largest absolute Gasteiger partial charge is 0.370 e. The van der Waals surface area contributed by atoms with Gasteiger partial charge in [0.25, 0.3) is 0 Å². The van der Waals surface area contributed by atoms with Crippen molar-refractivity contribution in [1.29, 1.82) is 0 Å². The Hall–Kier alpha value is -1.09. The molecule has 1 atom stereocenters. The van der Waals surface area contributed by atoms with Crippen LogP contribution in [0.2, 0.25) is 0 Å². The predicted octanol–water partition coefficient (Wildman–Crippen LogP) is 3.53. The number of hydrogen-bond acceptors (Lipinski definition) is 3. The molecule has 106 valence electrons. The lowest BCUT2D eigenvalue weighted by Crippen LogP contribution is -2.34. The second kappa shape index (κ2) is 7.49. The quantitative estimate of drug-likeness (QED) is 0.849. The Labute approximate surface area is 117 Å². The summed E-state index contributed by atoms with van der Waals surface area (Å²) in [4.78, 5) is 6.97. The topological polar surface area (TPSA) is 28.2 Å². The van der Waals surface area contributed by atoms with Crippen LogP contribution in [0.3, 0.4) is 0 Å². The number of aromatic nitrogens is 1. The zero-order valence-corrected chi connectivity index (χ0v) is 12.4. The van der Waals surface area contributed by atoms with Crippen molar-refractivity contribution in [1.82, 2.24) is 9.88 Å². The van der Waals surface area contributed by atoms with Gasteiger partial charge in [-0.2, -0.15) is 0 Å². The van der Waals surface area contributed by atoms with Crippen LogP contribution in [0.5, 0.6) is 0 Å². The predicted molar refractivity (Wildman–Crippen MR) is 81.3 cm³/mol. The lowest BCUT2D eigenvalue weighted by Gasteiger charge is -2.32. The van der Waals surface area contributed by atoms with Crippen LogP contribution in [0.4, 0.5) is 5.82 Å². The molecule has 2 rings (SSSR count). The number of likely N-dealkylation sites (tertiary alicyclic amines) is 1. The Kier molecular flexibility index (Phi) is 5.64. The van der Waals surface area contributed by atoms with Crippen molar-refractivity contribution in [3.05, 3.63) is 23.9 Å². The van der Waals surface area contributed by atoms with E-state index in [1.54, 1.807) is 0 Å². The van der Waals surface area contributed by atoms with Gasteiger partial charge in [-0.25, -0.2) is 4.98 Å². The monoisotopic (exact) mass is 261 g/mol. The maximum absolute atomic E-state index is 4.37. The molecular weight excluding hydrogens is 234 g/mol. The van der Waals surface area contributed by atoms with Gasteiger partial charge in [-0.1, -0.05) is 20.3 Å². The molecular formula is C16H27N3. The fourth-order valence-corrected chi connectivity index (χ4v) is 2.81. The summed E-state index contributed by atoms with van der Waals surface area (Å²) >= 11 is 0. The van der Waals surface area contributed by atoms with Gasteiger partial charge in [0.2, 0.25) is 0 Å². The summed E-state index contributed by atoms with van der Waals surface area (Å²) in [6.45, 7) is 9.06. The standard InChI is InChI=1S/C16H27N3/c1-3-8-17-16-11-15(7-9-18-16)13-19-10-5-6-14(4-2)12-19/h7,9,11,14H,3-6,8,10,12-13H2,1-2H3,(H,17,18). The zero-order chi connectivity index (χ0) is 13.5. The summed E-state index contributed by atoms with van der Waals surface area (Å²) < 4.78 is 0. The van der Waals surface area contributed by atoms with Crippen molar-refractivity contribution >= 4 is 5.82 Å². The molecule has 1 aromatic heterocycles. The van der Waals surface area contributed by atoms with Crippen molar-refractivity contribution in [2.75, 3.05) is 25.0 Å². The van der Waals surface area contributed by atoms with E-state index in [1.165, 1.54) is 37.9 Å². The molecule has 1 unspecified atom stereocenters. The van der Waals surface area contributed by atoms with Gasteiger partial charge < -0.3 is 5.32 Å². The van der Waals surface area contributed by atoms with Gasteiger partial charge >= 0.3 is 0 Å². The van der Waals surface area contributed by atoms with Crippen LogP contribution in [0.15, 0.2) is 18.3 Å². The molecule has 0 spiro atoms. The normalized spacial score (nSPS) is 20.4. The first-order valence-corrected chi connectivity index (χ1v) is 7.73. The highest BCUT2D eigenvalue weighted by molar-refractivity contribution is 5.37. The van der Waals surface area contributed by atoms with Gasteiger partial charge in [0.1, 0.15) is 5.82 Å². The van der Waals surface area contributed by atoms with Gasteiger partial charge in [-0.15, -0.1) is 0 Å². The van der Waals surface area contributed by atoms with Crippen LogP contribution in [0.1, 0.15) is 45.1 Å². The molecule has 0 amide bonds. The fraction of sp³-hybridized carbons (Fsp3) is 0.688. The molecule has 0 saturated carbocycles. The third-order valence-corrected chi connectivity index (χ3v) is 3.97. The third kappa shape index (κ3) is 4.50. The van der Waals surface area contributed by atoms with Crippen LogP contribution in [0, 0.1) is 5.92 Å². The molecule has 3 nitrogen and oxygen atoms in total. The molecule has 19 heavy (non-hydrogen) atoms. The summed E-state index contributed by atoms with van der Waals surface area (Å²) in [6.07, 6.45) is 7.14. The van der Waals surface area contributed by atoms with Crippen LogP contribution in [-0.4, -0.2) is 29.5 Å². The van der Waals surface area contributed by atoms with Crippen molar-refractivity contribution in [2.45, 2.75) is 46.1 Å². The van der Waals surface area contributed by atoms with E-state index in [1.807, 2.05) is 6.20 Å². The van der Waals surface area contributed by atoms with Crippen molar-refractivity contribution in [2.24, 2.45) is 5.92 Å². The summed E-state index contributed by atoms with van der Waals surface area (Å²) in [5, 5.41) is 3.36.